The Balaban J connectivity index is 1.69. The normalized spacial score (nSPS) is 18.9. The molecule has 1 aromatic rings. The van der Waals surface area contributed by atoms with Gasteiger partial charge in [0.05, 0.1) is 38.0 Å². The number of amides is 2. The summed E-state index contributed by atoms with van der Waals surface area (Å²) in [6.07, 6.45) is 1.62. The molecule has 10 nitrogen and oxygen atoms in total. The van der Waals surface area contributed by atoms with Crippen LogP contribution in [-0.4, -0.2) is 84.7 Å². The number of para-hydroxylation sites is 1. The van der Waals surface area contributed by atoms with Crippen LogP contribution >= 0.6 is 11.8 Å². The van der Waals surface area contributed by atoms with E-state index in [-0.39, 0.29) is 24.8 Å². The van der Waals surface area contributed by atoms with Crippen molar-refractivity contribution in [2.75, 3.05) is 47.0 Å². The Kier molecular flexibility index (Phi) is 8.45. The SMILES string of the molecule is C=CCOC(=O)C1=C(C)N=C2SC=C(CC(=O)N3CCN(C(C)=O)CC3)N2C1c1cccc(OC)c1OC. The molecule has 3 heterocycles. The van der Waals surface area contributed by atoms with Gasteiger partial charge in [-0.05, 0) is 18.4 Å². The fraction of sp³-hybridized carbons (Fsp3) is 0.407. The molecule has 0 spiro atoms. The molecule has 0 radical (unpaired) electrons. The summed E-state index contributed by atoms with van der Waals surface area (Å²) in [7, 11) is 3.10. The van der Waals surface area contributed by atoms with Crippen molar-refractivity contribution in [1.29, 1.82) is 0 Å². The van der Waals surface area contributed by atoms with E-state index < -0.39 is 12.0 Å². The van der Waals surface area contributed by atoms with Gasteiger partial charge in [-0.2, -0.15) is 0 Å². The van der Waals surface area contributed by atoms with Gasteiger partial charge in [0.25, 0.3) is 0 Å². The van der Waals surface area contributed by atoms with E-state index >= 15 is 0 Å². The number of fused-ring (bicyclic) bond motifs is 1. The fourth-order valence-corrected chi connectivity index (χ4v) is 5.77. The maximum absolute atomic E-state index is 13.3. The number of esters is 1. The summed E-state index contributed by atoms with van der Waals surface area (Å²) in [6, 6.07) is 4.82. The van der Waals surface area contributed by atoms with E-state index in [0.717, 1.165) is 0 Å². The predicted octanol–water partition coefficient (Wildman–Crippen LogP) is 3.09. The van der Waals surface area contributed by atoms with Crippen LogP contribution in [0.25, 0.3) is 0 Å². The van der Waals surface area contributed by atoms with Crippen molar-refractivity contribution in [3.05, 3.63) is 58.8 Å². The number of ether oxygens (including phenoxy) is 3. The molecule has 1 aromatic carbocycles. The highest BCUT2D eigenvalue weighted by Gasteiger charge is 2.43. The topological polar surface area (TPSA) is 101 Å². The summed E-state index contributed by atoms with van der Waals surface area (Å²) in [4.78, 5) is 48.5. The van der Waals surface area contributed by atoms with Gasteiger partial charge in [0.2, 0.25) is 11.8 Å². The highest BCUT2D eigenvalue weighted by Crippen LogP contribution is 2.48. The molecule has 3 aliphatic heterocycles. The van der Waals surface area contributed by atoms with Crippen molar-refractivity contribution in [3.63, 3.8) is 0 Å². The lowest BCUT2D eigenvalue weighted by Crippen LogP contribution is -2.50. The van der Waals surface area contributed by atoms with Crippen LogP contribution < -0.4 is 9.47 Å². The maximum atomic E-state index is 13.3. The first-order valence-corrected chi connectivity index (χ1v) is 13.1. The Morgan fingerprint density at radius 3 is 2.47 bits per heavy atom. The van der Waals surface area contributed by atoms with E-state index in [1.807, 2.05) is 22.4 Å². The van der Waals surface area contributed by atoms with Gasteiger partial charge in [-0.3, -0.25) is 9.59 Å². The van der Waals surface area contributed by atoms with E-state index in [1.54, 1.807) is 37.0 Å². The third-order valence-corrected chi connectivity index (χ3v) is 7.58. The summed E-state index contributed by atoms with van der Waals surface area (Å²) >= 11 is 1.40. The van der Waals surface area contributed by atoms with Gasteiger partial charge in [0.15, 0.2) is 16.7 Å². The highest BCUT2D eigenvalue weighted by molar-refractivity contribution is 8.16. The quantitative estimate of drug-likeness (QED) is 0.366. The lowest BCUT2D eigenvalue weighted by atomic mass is 9.92. The Morgan fingerprint density at radius 2 is 1.84 bits per heavy atom. The number of thioether (sulfide) groups is 1. The van der Waals surface area contributed by atoms with Crippen molar-refractivity contribution in [3.8, 4) is 11.5 Å². The molecular formula is C27H32N4O6S. The van der Waals surface area contributed by atoms with Crippen molar-refractivity contribution >= 4 is 34.7 Å². The molecule has 0 bridgehead atoms. The van der Waals surface area contributed by atoms with E-state index in [1.165, 1.54) is 24.8 Å². The van der Waals surface area contributed by atoms with Gasteiger partial charge in [-0.15, -0.1) is 0 Å². The Bertz CT molecular complexity index is 1230. The Morgan fingerprint density at radius 1 is 1.13 bits per heavy atom. The number of carbonyl (C=O) groups excluding carboxylic acids is 3. The fourth-order valence-electron chi connectivity index (χ4n) is 4.80. The summed E-state index contributed by atoms with van der Waals surface area (Å²) in [6.45, 7) is 8.97. The molecule has 202 valence electrons. The summed E-state index contributed by atoms with van der Waals surface area (Å²) in [5.41, 5.74) is 2.26. The summed E-state index contributed by atoms with van der Waals surface area (Å²) in [5.74, 6) is 0.422. The van der Waals surface area contributed by atoms with Crippen molar-refractivity contribution in [1.82, 2.24) is 14.7 Å². The molecule has 1 unspecified atom stereocenters. The van der Waals surface area contributed by atoms with Gasteiger partial charge >= 0.3 is 5.97 Å². The number of benzene rings is 1. The van der Waals surface area contributed by atoms with Crippen LogP contribution in [-0.2, 0) is 19.1 Å². The first kappa shape index (κ1) is 27.3. The first-order chi connectivity index (χ1) is 18.3. The largest absolute Gasteiger partial charge is 0.493 e. The van der Waals surface area contributed by atoms with Crippen molar-refractivity contribution < 1.29 is 28.6 Å². The summed E-state index contributed by atoms with van der Waals surface area (Å²) in [5, 5.41) is 2.55. The zero-order valence-corrected chi connectivity index (χ0v) is 22.9. The molecule has 4 rings (SSSR count). The lowest BCUT2D eigenvalue weighted by molar-refractivity contribution is -0.138. The van der Waals surface area contributed by atoms with E-state index in [9.17, 15) is 14.4 Å². The molecular weight excluding hydrogens is 508 g/mol. The molecule has 2 amide bonds. The van der Waals surface area contributed by atoms with Gasteiger partial charge in [0.1, 0.15) is 6.61 Å². The number of rotatable bonds is 8. The van der Waals surface area contributed by atoms with Crippen LogP contribution in [0.15, 0.2) is 58.2 Å². The maximum Gasteiger partial charge on any atom is 0.338 e. The van der Waals surface area contributed by atoms with Crippen molar-refractivity contribution in [2.45, 2.75) is 26.3 Å². The number of hydrogen-bond acceptors (Lipinski definition) is 9. The van der Waals surface area contributed by atoms with Gasteiger partial charge in [-0.25, -0.2) is 9.79 Å². The molecule has 0 saturated carbocycles. The number of hydrogen-bond donors (Lipinski definition) is 0. The van der Waals surface area contributed by atoms with E-state index in [2.05, 4.69) is 6.58 Å². The number of carbonyl (C=O) groups is 3. The molecule has 38 heavy (non-hydrogen) atoms. The van der Waals surface area contributed by atoms with Crippen LogP contribution in [0.4, 0.5) is 0 Å². The molecule has 1 fully saturated rings. The van der Waals surface area contributed by atoms with E-state index in [4.69, 9.17) is 19.2 Å². The van der Waals surface area contributed by atoms with Crippen LogP contribution in [0.1, 0.15) is 31.9 Å². The molecule has 1 atom stereocenters. The van der Waals surface area contributed by atoms with Gasteiger partial charge in [-0.1, -0.05) is 36.5 Å². The number of amidine groups is 1. The second-order valence-corrected chi connectivity index (χ2v) is 9.76. The molecule has 0 aromatic heterocycles. The molecule has 0 N–H and O–H groups in total. The third kappa shape index (κ3) is 5.28. The Labute approximate surface area is 226 Å². The van der Waals surface area contributed by atoms with Gasteiger partial charge in [0, 0.05) is 44.4 Å². The number of allylic oxidation sites excluding steroid dienone is 1. The minimum atomic E-state index is -0.659. The second kappa shape index (κ2) is 11.8. The van der Waals surface area contributed by atoms with Crippen LogP contribution in [0, 0.1) is 0 Å². The van der Waals surface area contributed by atoms with Crippen LogP contribution in [0.2, 0.25) is 0 Å². The standard InChI is InChI=1S/C27H32N4O6S/c1-6-14-37-26(34)23-17(2)28-27-31(24(23)20-8-7-9-21(35-4)25(20)36-5)19(16-38-27)15-22(33)30-12-10-29(11-13-30)18(3)32/h6-9,16,24H,1,10-15H2,2-5H3. The molecule has 3 aliphatic rings. The number of nitrogens with zero attached hydrogens (tertiary/aromatic N) is 4. The average molecular weight is 541 g/mol. The lowest BCUT2D eigenvalue weighted by Gasteiger charge is -2.38. The number of methoxy groups -OCH3 is 2. The zero-order chi connectivity index (χ0) is 27.4. The second-order valence-electron chi connectivity index (χ2n) is 8.93. The minimum absolute atomic E-state index is 0.00859. The monoisotopic (exact) mass is 540 g/mol. The van der Waals surface area contributed by atoms with Crippen LogP contribution in [0.3, 0.4) is 0 Å². The third-order valence-electron chi connectivity index (χ3n) is 6.69. The summed E-state index contributed by atoms with van der Waals surface area (Å²) < 4.78 is 16.7. The molecule has 11 heteroatoms. The number of piperazine rings is 1. The molecule has 1 saturated heterocycles. The Hall–Kier alpha value is -3.73. The molecule has 0 aliphatic carbocycles. The van der Waals surface area contributed by atoms with Crippen molar-refractivity contribution in [2.24, 2.45) is 4.99 Å². The predicted molar refractivity (Wildman–Crippen MR) is 145 cm³/mol. The average Bonchev–Trinajstić information content (AvgIpc) is 3.31. The first-order valence-electron chi connectivity index (χ1n) is 12.3. The van der Waals surface area contributed by atoms with E-state index in [0.29, 0.717) is 65.4 Å². The minimum Gasteiger partial charge on any atom is -0.493 e. The van der Waals surface area contributed by atoms with Gasteiger partial charge < -0.3 is 28.9 Å². The zero-order valence-electron chi connectivity index (χ0n) is 22.1. The highest BCUT2D eigenvalue weighted by atomic mass is 32.2. The smallest absolute Gasteiger partial charge is 0.338 e. The number of aliphatic imine (C=N–C) groups is 1. The van der Waals surface area contributed by atoms with Crippen LogP contribution in [0.5, 0.6) is 11.5 Å².